The van der Waals surface area contributed by atoms with Crippen molar-refractivity contribution in [2.75, 3.05) is 12.4 Å². The van der Waals surface area contributed by atoms with Gasteiger partial charge in [-0.3, -0.25) is 10.1 Å². The SMILES string of the molecule is CCCC[C@@H](CO)CS(=O)(=O)c1ccc(F)cc1Cc1cccc([N+](=O)[O-])c1. The fraction of sp³-hybridized carbons (Fsp3) is 0.400. The number of rotatable bonds is 10. The van der Waals surface area contributed by atoms with Gasteiger partial charge in [-0.15, -0.1) is 0 Å². The molecule has 0 aromatic heterocycles. The molecule has 2 aromatic carbocycles. The first-order valence-corrected chi connectivity index (χ1v) is 10.8. The zero-order chi connectivity index (χ0) is 20.7. The summed E-state index contributed by atoms with van der Waals surface area (Å²) >= 11 is 0. The van der Waals surface area contributed by atoms with Crippen molar-refractivity contribution in [1.82, 2.24) is 0 Å². The number of hydrogen-bond donors (Lipinski definition) is 1. The molecule has 0 aliphatic rings. The first-order valence-electron chi connectivity index (χ1n) is 9.12. The highest BCUT2D eigenvalue weighted by atomic mass is 32.2. The number of non-ortho nitro benzene ring substituents is 1. The highest BCUT2D eigenvalue weighted by Crippen LogP contribution is 2.25. The van der Waals surface area contributed by atoms with Gasteiger partial charge in [0.25, 0.3) is 5.69 Å². The van der Waals surface area contributed by atoms with Gasteiger partial charge < -0.3 is 5.11 Å². The zero-order valence-electron chi connectivity index (χ0n) is 15.7. The van der Waals surface area contributed by atoms with Gasteiger partial charge in [0.1, 0.15) is 5.82 Å². The van der Waals surface area contributed by atoms with Crippen LogP contribution in [0.1, 0.15) is 37.3 Å². The standard InChI is InChI=1S/C20H24FNO5S/c1-2-3-5-16(13-23)14-28(26,27)20-9-8-18(21)12-17(20)10-15-6-4-7-19(11-15)22(24)25/h4,6-9,11-12,16,23H,2-3,5,10,13-14H2,1H3/t16-/m0/s1. The van der Waals surface area contributed by atoms with Crippen LogP contribution in [0.3, 0.4) is 0 Å². The first kappa shape index (κ1) is 22.0. The van der Waals surface area contributed by atoms with Crippen LogP contribution in [0.4, 0.5) is 10.1 Å². The number of aliphatic hydroxyl groups is 1. The number of unbranched alkanes of at least 4 members (excludes halogenated alkanes) is 1. The molecule has 2 rings (SSSR count). The molecule has 0 aliphatic heterocycles. The van der Waals surface area contributed by atoms with E-state index in [0.717, 1.165) is 25.0 Å². The van der Waals surface area contributed by atoms with Crippen LogP contribution >= 0.6 is 0 Å². The van der Waals surface area contributed by atoms with Gasteiger partial charge in [0.2, 0.25) is 0 Å². The lowest BCUT2D eigenvalue weighted by Gasteiger charge is -2.16. The summed E-state index contributed by atoms with van der Waals surface area (Å²) in [6, 6.07) is 9.28. The average molecular weight is 409 g/mol. The number of nitrogens with zero attached hydrogens (tertiary/aromatic N) is 1. The van der Waals surface area contributed by atoms with Crippen LogP contribution < -0.4 is 0 Å². The van der Waals surface area contributed by atoms with E-state index in [4.69, 9.17) is 0 Å². The van der Waals surface area contributed by atoms with Crippen molar-refractivity contribution in [3.05, 3.63) is 69.5 Å². The number of sulfone groups is 1. The van der Waals surface area contributed by atoms with Crippen LogP contribution in [0, 0.1) is 21.8 Å². The molecular formula is C20H24FNO5S. The maximum Gasteiger partial charge on any atom is 0.269 e. The molecule has 1 N–H and O–H groups in total. The molecule has 0 heterocycles. The van der Waals surface area contributed by atoms with E-state index in [9.17, 15) is 28.0 Å². The molecule has 0 bridgehead atoms. The molecule has 0 spiro atoms. The molecule has 0 fully saturated rings. The van der Waals surface area contributed by atoms with Gasteiger partial charge in [0, 0.05) is 18.7 Å². The van der Waals surface area contributed by atoms with Crippen molar-refractivity contribution < 1.29 is 22.8 Å². The summed E-state index contributed by atoms with van der Waals surface area (Å²) in [5, 5.41) is 20.5. The summed E-state index contributed by atoms with van der Waals surface area (Å²) in [6.07, 6.45) is 2.34. The molecule has 8 heteroatoms. The van der Waals surface area contributed by atoms with Crippen LogP contribution in [0.15, 0.2) is 47.4 Å². The predicted molar refractivity (Wildman–Crippen MR) is 104 cm³/mol. The summed E-state index contributed by atoms with van der Waals surface area (Å²) < 4.78 is 39.6. The third kappa shape index (κ3) is 5.84. The maximum absolute atomic E-state index is 13.8. The molecular weight excluding hydrogens is 385 g/mol. The van der Waals surface area contributed by atoms with E-state index in [1.165, 1.54) is 24.3 Å². The zero-order valence-corrected chi connectivity index (χ0v) is 16.5. The maximum atomic E-state index is 13.8. The summed E-state index contributed by atoms with van der Waals surface area (Å²) in [4.78, 5) is 10.4. The lowest BCUT2D eigenvalue weighted by molar-refractivity contribution is -0.384. The lowest BCUT2D eigenvalue weighted by Crippen LogP contribution is -2.21. The quantitative estimate of drug-likeness (QED) is 0.365. The van der Waals surface area contributed by atoms with Gasteiger partial charge >= 0.3 is 0 Å². The van der Waals surface area contributed by atoms with Crippen molar-refractivity contribution >= 4 is 15.5 Å². The Morgan fingerprint density at radius 3 is 2.61 bits per heavy atom. The predicted octanol–water partition coefficient (Wildman–Crippen LogP) is 3.90. The van der Waals surface area contributed by atoms with E-state index >= 15 is 0 Å². The summed E-state index contributed by atoms with van der Waals surface area (Å²) in [5.74, 6) is -1.19. The highest BCUT2D eigenvalue weighted by molar-refractivity contribution is 7.91. The third-order valence-corrected chi connectivity index (χ3v) is 6.53. The van der Waals surface area contributed by atoms with Gasteiger partial charge in [-0.25, -0.2) is 12.8 Å². The second-order valence-electron chi connectivity index (χ2n) is 6.83. The third-order valence-electron chi connectivity index (χ3n) is 4.55. The second kappa shape index (κ2) is 9.75. The average Bonchev–Trinajstić information content (AvgIpc) is 2.65. The Morgan fingerprint density at radius 1 is 1.21 bits per heavy atom. The molecule has 152 valence electrons. The minimum atomic E-state index is -3.76. The molecule has 0 unspecified atom stereocenters. The normalized spacial score (nSPS) is 12.7. The highest BCUT2D eigenvalue weighted by Gasteiger charge is 2.24. The summed E-state index contributed by atoms with van der Waals surface area (Å²) in [5.41, 5.74) is 0.645. The topological polar surface area (TPSA) is 97.5 Å². The van der Waals surface area contributed by atoms with Crippen LogP contribution in [-0.2, 0) is 16.3 Å². The Labute approximate surface area is 164 Å². The Kier molecular flexibility index (Phi) is 7.65. The number of benzene rings is 2. The molecule has 6 nitrogen and oxygen atoms in total. The second-order valence-corrected chi connectivity index (χ2v) is 8.83. The van der Waals surface area contributed by atoms with E-state index in [1.54, 1.807) is 6.07 Å². The van der Waals surface area contributed by atoms with Gasteiger partial charge in [-0.05, 0) is 48.1 Å². The van der Waals surface area contributed by atoms with Crippen LogP contribution in [0.5, 0.6) is 0 Å². The number of halogens is 1. The van der Waals surface area contributed by atoms with E-state index in [2.05, 4.69) is 0 Å². The number of aliphatic hydroxyl groups excluding tert-OH is 1. The minimum Gasteiger partial charge on any atom is -0.396 e. The van der Waals surface area contributed by atoms with E-state index in [-0.39, 0.29) is 40.8 Å². The monoisotopic (exact) mass is 409 g/mol. The first-order chi connectivity index (χ1) is 13.3. The Bertz CT molecular complexity index is 930. The number of nitro benzene ring substituents is 1. The number of nitro groups is 1. The smallest absolute Gasteiger partial charge is 0.269 e. The van der Waals surface area contributed by atoms with Gasteiger partial charge in [0.05, 0.1) is 15.6 Å². The largest absolute Gasteiger partial charge is 0.396 e. The van der Waals surface area contributed by atoms with Gasteiger partial charge in [0.15, 0.2) is 9.84 Å². The Balaban J connectivity index is 2.35. The minimum absolute atomic E-state index is 0.00430. The lowest BCUT2D eigenvalue weighted by atomic mass is 10.0. The van der Waals surface area contributed by atoms with Crippen molar-refractivity contribution in [2.24, 2.45) is 5.92 Å². The van der Waals surface area contributed by atoms with Crippen molar-refractivity contribution in [3.63, 3.8) is 0 Å². The summed E-state index contributed by atoms with van der Waals surface area (Å²) in [6.45, 7) is 1.75. The molecule has 0 amide bonds. The molecule has 0 radical (unpaired) electrons. The fourth-order valence-corrected chi connectivity index (χ4v) is 4.99. The van der Waals surface area contributed by atoms with E-state index < -0.39 is 20.6 Å². The number of hydrogen-bond acceptors (Lipinski definition) is 5. The van der Waals surface area contributed by atoms with Crippen LogP contribution in [-0.4, -0.2) is 30.8 Å². The Hall–Kier alpha value is -2.32. The van der Waals surface area contributed by atoms with Crippen molar-refractivity contribution in [2.45, 2.75) is 37.5 Å². The molecule has 2 aromatic rings. The molecule has 0 aliphatic carbocycles. The molecule has 1 atom stereocenters. The van der Waals surface area contributed by atoms with Crippen LogP contribution in [0.2, 0.25) is 0 Å². The van der Waals surface area contributed by atoms with Crippen molar-refractivity contribution in [3.8, 4) is 0 Å². The van der Waals surface area contributed by atoms with Crippen LogP contribution in [0.25, 0.3) is 0 Å². The Morgan fingerprint density at radius 2 is 1.96 bits per heavy atom. The van der Waals surface area contributed by atoms with E-state index in [1.807, 2.05) is 6.92 Å². The van der Waals surface area contributed by atoms with Gasteiger partial charge in [-0.2, -0.15) is 0 Å². The fourth-order valence-electron chi connectivity index (χ4n) is 3.11. The van der Waals surface area contributed by atoms with Crippen molar-refractivity contribution in [1.29, 1.82) is 0 Å². The van der Waals surface area contributed by atoms with Gasteiger partial charge in [-0.1, -0.05) is 31.9 Å². The molecule has 0 saturated heterocycles. The summed E-state index contributed by atoms with van der Waals surface area (Å²) in [7, 11) is -3.76. The molecule has 28 heavy (non-hydrogen) atoms. The molecule has 0 saturated carbocycles. The van der Waals surface area contributed by atoms with E-state index in [0.29, 0.717) is 12.0 Å².